The Kier molecular flexibility index (Phi) is 12.1. The van der Waals surface area contributed by atoms with Crippen molar-refractivity contribution in [2.75, 3.05) is 0 Å². The predicted molar refractivity (Wildman–Crippen MR) is 114 cm³/mol. The molecular formula is C23H35NO. The summed E-state index contributed by atoms with van der Waals surface area (Å²) in [5.74, 6) is 0. The number of rotatable bonds is 1. The lowest BCUT2D eigenvalue weighted by Gasteiger charge is -2.04. The molecule has 1 aliphatic rings. The van der Waals surface area contributed by atoms with Gasteiger partial charge < -0.3 is 4.57 Å². The van der Waals surface area contributed by atoms with Crippen molar-refractivity contribution in [3.63, 3.8) is 0 Å². The predicted octanol–water partition coefficient (Wildman–Crippen LogP) is 4.92. The molecule has 138 valence electrons. The van der Waals surface area contributed by atoms with Crippen molar-refractivity contribution in [1.82, 2.24) is 4.57 Å². The lowest BCUT2D eigenvalue weighted by molar-refractivity contribution is 0.831. The second-order valence-corrected chi connectivity index (χ2v) is 5.24. The molecule has 0 N–H and O–H groups in total. The van der Waals surface area contributed by atoms with Gasteiger partial charge in [0.05, 0.1) is 5.35 Å². The van der Waals surface area contributed by atoms with E-state index in [-0.39, 0.29) is 5.56 Å². The van der Waals surface area contributed by atoms with E-state index in [1.54, 1.807) is 4.57 Å². The zero-order chi connectivity index (χ0) is 19.2. The Bertz CT molecular complexity index is 824. The van der Waals surface area contributed by atoms with E-state index in [2.05, 4.69) is 26.0 Å². The number of allylic oxidation sites excluding steroid dienone is 2. The van der Waals surface area contributed by atoms with E-state index in [9.17, 15) is 4.79 Å². The number of aromatic nitrogens is 1. The number of hydrogen-bond acceptors (Lipinski definition) is 1. The number of fused-ring (bicyclic) bond motifs is 3. The van der Waals surface area contributed by atoms with Crippen molar-refractivity contribution in [1.29, 1.82) is 0 Å². The van der Waals surface area contributed by atoms with Crippen molar-refractivity contribution in [2.24, 2.45) is 7.05 Å². The molecule has 25 heavy (non-hydrogen) atoms. The van der Waals surface area contributed by atoms with Crippen LogP contribution in [0.25, 0.3) is 22.9 Å². The average Bonchev–Trinajstić information content (AvgIpc) is 2.96. The van der Waals surface area contributed by atoms with Crippen LogP contribution in [-0.4, -0.2) is 4.57 Å². The largest absolute Gasteiger partial charge is 0.311 e. The molecule has 0 radical (unpaired) electrons. The third kappa shape index (κ3) is 6.04. The van der Waals surface area contributed by atoms with Crippen molar-refractivity contribution >= 4 is 22.9 Å². The van der Waals surface area contributed by atoms with Crippen molar-refractivity contribution in [3.8, 4) is 0 Å². The van der Waals surface area contributed by atoms with Crippen LogP contribution in [0.5, 0.6) is 0 Å². The summed E-state index contributed by atoms with van der Waals surface area (Å²) < 4.78 is 1.73. The molecule has 0 saturated carbocycles. The van der Waals surface area contributed by atoms with Gasteiger partial charge in [0.25, 0.3) is 5.56 Å². The molecule has 0 bridgehead atoms. The first-order chi connectivity index (χ1) is 12.2. The number of pyridine rings is 1. The Morgan fingerprint density at radius 3 is 2.08 bits per heavy atom. The van der Waals surface area contributed by atoms with E-state index in [0.29, 0.717) is 0 Å². The monoisotopic (exact) mass is 341 g/mol. The maximum Gasteiger partial charge on any atom is 0.258 e. The molecule has 1 heterocycles. The zero-order valence-electron chi connectivity index (χ0n) is 17.1. The highest BCUT2D eigenvalue weighted by Crippen LogP contribution is 2.03. The summed E-state index contributed by atoms with van der Waals surface area (Å²) in [5.41, 5.74) is 0.0688. The van der Waals surface area contributed by atoms with Crippen LogP contribution in [-0.2, 0) is 7.05 Å². The summed E-state index contributed by atoms with van der Waals surface area (Å²) in [6.07, 6.45) is 11.8. The van der Waals surface area contributed by atoms with Crippen LogP contribution < -0.4 is 16.1 Å². The molecule has 0 amide bonds. The van der Waals surface area contributed by atoms with E-state index >= 15 is 0 Å². The molecule has 3 rings (SSSR count). The SMILES string of the molecule is CC.CC.CCCC.Cn1c2c(c3ccccc3c1=O)=CCC=CC=2. The fourth-order valence-corrected chi connectivity index (χ4v) is 2.35. The van der Waals surface area contributed by atoms with Crippen LogP contribution in [0.1, 0.15) is 60.8 Å². The number of nitrogens with zero attached hydrogens (tertiary/aromatic N) is 1. The van der Waals surface area contributed by atoms with Gasteiger partial charge in [-0.05, 0) is 23.9 Å². The van der Waals surface area contributed by atoms with Crippen LogP contribution in [0.4, 0.5) is 0 Å². The Morgan fingerprint density at radius 2 is 1.52 bits per heavy atom. The molecule has 1 aromatic carbocycles. The summed E-state index contributed by atoms with van der Waals surface area (Å²) in [6.45, 7) is 12.4. The fraction of sp³-hybridized carbons (Fsp3) is 0.435. The smallest absolute Gasteiger partial charge is 0.258 e. The first-order valence-corrected chi connectivity index (χ1v) is 9.65. The van der Waals surface area contributed by atoms with Gasteiger partial charge in [0.15, 0.2) is 0 Å². The topological polar surface area (TPSA) is 22.0 Å². The van der Waals surface area contributed by atoms with Crippen LogP contribution in [0.3, 0.4) is 0 Å². The second-order valence-electron chi connectivity index (χ2n) is 5.24. The quantitative estimate of drug-likeness (QED) is 0.722. The van der Waals surface area contributed by atoms with E-state index < -0.39 is 0 Å². The minimum Gasteiger partial charge on any atom is -0.311 e. The highest BCUT2D eigenvalue weighted by molar-refractivity contribution is 5.83. The molecule has 2 heteroatoms. The van der Waals surface area contributed by atoms with Gasteiger partial charge in [0, 0.05) is 17.7 Å². The highest BCUT2D eigenvalue weighted by atomic mass is 16.1. The summed E-state index contributed by atoms with van der Waals surface area (Å²) in [7, 11) is 1.83. The average molecular weight is 342 g/mol. The molecule has 2 nitrogen and oxygen atoms in total. The second kappa shape index (κ2) is 13.2. The molecule has 0 fully saturated rings. The van der Waals surface area contributed by atoms with Crippen molar-refractivity contribution in [3.05, 3.63) is 57.3 Å². The summed E-state index contributed by atoms with van der Waals surface area (Å²) in [4.78, 5) is 12.2. The lowest BCUT2D eigenvalue weighted by Crippen LogP contribution is -2.41. The number of benzene rings is 1. The Hall–Kier alpha value is -2.09. The normalized spacial score (nSPS) is 11.0. The third-order valence-corrected chi connectivity index (χ3v) is 3.74. The Balaban J connectivity index is 0.000000625. The lowest BCUT2D eigenvalue weighted by atomic mass is 10.1. The van der Waals surface area contributed by atoms with Crippen LogP contribution >= 0.6 is 0 Å². The fourth-order valence-electron chi connectivity index (χ4n) is 2.35. The standard InChI is InChI=1S/C15H13NO.C4H10.2C2H6/c1-16-14-10-4-2-3-8-12(14)11-7-5-6-9-13(11)15(16)17;1-3-4-2;2*1-2/h2,4-10H,3H2,1H3;3-4H2,1-2H3;2*1-2H3. The van der Waals surface area contributed by atoms with E-state index in [1.807, 2.05) is 71.2 Å². The maximum absolute atomic E-state index is 12.2. The minimum absolute atomic E-state index is 0.0688. The Morgan fingerprint density at radius 1 is 0.960 bits per heavy atom. The van der Waals surface area contributed by atoms with Crippen LogP contribution in [0.2, 0.25) is 0 Å². The molecule has 1 aromatic heterocycles. The summed E-state index contributed by atoms with van der Waals surface area (Å²) >= 11 is 0. The zero-order valence-corrected chi connectivity index (χ0v) is 17.1. The van der Waals surface area contributed by atoms with Crippen molar-refractivity contribution < 1.29 is 0 Å². The molecule has 0 unspecified atom stereocenters. The van der Waals surface area contributed by atoms with E-state index in [1.165, 1.54) is 12.8 Å². The molecule has 1 aliphatic carbocycles. The highest BCUT2D eigenvalue weighted by Gasteiger charge is 2.04. The van der Waals surface area contributed by atoms with E-state index in [4.69, 9.17) is 0 Å². The summed E-state index contributed by atoms with van der Waals surface area (Å²) in [6, 6.07) is 7.80. The van der Waals surface area contributed by atoms with Gasteiger partial charge in [-0.15, -0.1) is 0 Å². The van der Waals surface area contributed by atoms with Gasteiger partial charge >= 0.3 is 0 Å². The van der Waals surface area contributed by atoms with Crippen molar-refractivity contribution in [2.45, 2.75) is 60.8 Å². The summed E-state index contributed by atoms with van der Waals surface area (Å²) in [5, 5.41) is 3.99. The third-order valence-electron chi connectivity index (χ3n) is 3.74. The van der Waals surface area contributed by atoms with Gasteiger partial charge in [-0.1, -0.05) is 90.8 Å². The van der Waals surface area contributed by atoms with Gasteiger partial charge in [-0.25, -0.2) is 0 Å². The molecular weight excluding hydrogens is 306 g/mol. The molecule has 0 aliphatic heterocycles. The van der Waals surface area contributed by atoms with Gasteiger partial charge in [0.1, 0.15) is 0 Å². The molecule has 0 atom stereocenters. The molecule has 0 saturated heterocycles. The van der Waals surface area contributed by atoms with Crippen LogP contribution in [0.15, 0.2) is 41.2 Å². The minimum atomic E-state index is 0.0688. The van der Waals surface area contributed by atoms with Gasteiger partial charge in [-0.2, -0.15) is 0 Å². The first-order valence-electron chi connectivity index (χ1n) is 9.65. The maximum atomic E-state index is 12.2. The molecule has 2 aromatic rings. The Labute approximate surface area is 153 Å². The van der Waals surface area contributed by atoms with E-state index in [0.717, 1.165) is 27.8 Å². The van der Waals surface area contributed by atoms with Crippen LogP contribution in [0, 0.1) is 0 Å². The first kappa shape index (κ1) is 22.9. The molecule has 0 spiro atoms. The van der Waals surface area contributed by atoms with Gasteiger partial charge in [-0.3, -0.25) is 4.79 Å². The number of unbranched alkanes of at least 4 members (excludes halogenated alkanes) is 1. The number of hydrogen-bond donors (Lipinski definition) is 0. The van der Waals surface area contributed by atoms with Gasteiger partial charge in [0.2, 0.25) is 0 Å².